The number of benzene rings is 2. The van der Waals surface area contributed by atoms with Crippen LogP contribution >= 0.6 is 11.6 Å². The van der Waals surface area contributed by atoms with Crippen LogP contribution in [-0.4, -0.2) is 23.1 Å². The first kappa shape index (κ1) is 18.0. The van der Waals surface area contributed by atoms with E-state index < -0.39 is 5.97 Å². The summed E-state index contributed by atoms with van der Waals surface area (Å²) < 4.78 is 6.93. The molecule has 1 heterocycles. The summed E-state index contributed by atoms with van der Waals surface area (Å²) in [6.45, 7) is 4.12. The molecule has 0 fully saturated rings. The molecule has 0 bridgehead atoms. The Morgan fingerprint density at radius 3 is 2.69 bits per heavy atom. The first-order valence-electron chi connectivity index (χ1n) is 8.31. The molecule has 6 heteroatoms. The Morgan fingerprint density at radius 2 is 1.92 bits per heavy atom. The third-order valence-electron chi connectivity index (χ3n) is 4.06. The number of amides is 1. The number of nitrogens with zero attached hydrogens (tertiary/aromatic N) is 1. The monoisotopic (exact) mass is 370 g/mol. The number of hydrogen-bond acceptors (Lipinski definition) is 3. The normalized spacial score (nSPS) is 10.7. The van der Waals surface area contributed by atoms with Gasteiger partial charge in [0.1, 0.15) is 6.54 Å². The second-order valence-corrected chi connectivity index (χ2v) is 6.30. The number of carbonyl (C=O) groups is 2. The number of esters is 1. The van der Waals surface area contributed by atoms with Gasteiger partial charge in [-0.1, -0.05) is 29.8 Å². The van der Waals surface area contributed by atoms with Gasteiger partial charge in [-0.2, -0.15) is 0 Å². The van der Waals surface area contributed by atoms with E-state index in [0.29, 0.717) is 5.69 Å². The summed E-state index contributed by atoms with van der Waals surface area (Å²) in [5.41, 5.74) is 2.73. The highest BCUT2D eigenvalue weighted by Crippen LogP contribution is 2.22. The van der Waals surface area contributed by atoms with Gasteiger partial charge in [0.15, 0.2) is 0 Å². The van der Waals surface area contributed by atoms with E-state index in [9.17, 15) is 9.59 Å². The Morgan fingerprint density at radius 1 is 1.15 bits per heavy atom. The van der Waals surface area contributed by atoms with E-state index in [0.717, 1.165) is 16.6 Å². The highest BCUT2D eigenvalue weighted by atomic mass is 35.5. The largest absolute Gasteiger partial charge is 0.462 e. The standard InChI is InChI=1S/C20H19ClN2O3/c1-3-26-20(25)16-11-15(8-9-17(16)21)22-19(24)12-23-13(2)10-14-6-4-5-7-18(14)23/h4-11H,3,12H2,1-2H3,(H,22,24). The van der Waals surface area contributed by atoms with Crippen LogP contribution in [0.1, 0.15) is 23.0 Å². The number of halogens is 1. The molecule has 134 valence electrons. The molecular formula is C20H19ClN2O3. The predicted octanol–water partition coefficient (Wildman–Crippen LogP) is 4.42. The van der Waals surface area contributed by atoms with Crippen molar-refractivity contribution < 1.29 is 14.3 Å². The topological polar surface area (TPSA) is 60.3 Å². The summed E-state index contributed by atoms with van der Waals surface area (Å²) in [7, 11) is 0. The first-order valence-corrected chi connectivity index (χ1v) is 8.68. The van der Waals surface area contributed by atoms with E-state index in [4.69, 9.17) is 16.3 Å². The van der Waals surface area contributed by atoms with Crippen LogP contribution in [0, 0.1) is 6.92 Å². The second-order valence-electron chi connectivity index (χ2n) is 5.89. The number of rotatable bonds is 5. The van der Waals surface area contributed by atoms with Crippen LogP contribution in [-0.2, 0) is 16.1 Å². The van der Waals surface area contributed by atoms with Gasteiger partial charge in [0.2, 0.25) is 5.91 Å². The molecule has 0 saturated carbocycles. The van der Waals surface area contributed by atoms with Crippen molar-refractivity contribution in [2.75, 3.05) is 11.9 Å². The Balaban J connectivity index is 1.79. The van der Waals surface area contributed by atoms with Crippen LogP contribution in [0.15, 0.2) is 48.5 Å². The number of para-hydroxylation sites is 1. The molecule has 0 radical (unpaired) electrons. The fourth-order valence-electron chi connectivity index (χ4n) is 2.87. The summed E-state index contributed by atoms with van der Waals surface area (Å²) in [4.78, 5) is 24.4. The van der Waals surface area contributed by atoms with Gasteiger partial charge in [-0.05, 0) is 49.6 Å². The summed E-state index contributed by atoms with van der Waals surface area (Å²) in [5, 5.41) is 4.19. The van der Waals surface area contributed by atoms with Crippen molar-refractivity contribution >= 4 is 40.1 Å². The summed E-state index contributed by atoms with van der Waals surface area (Å²) >= 11 is 6.05. The second kappa shape index (κ2) is 7.62. The molecule has 26 heavy (non-hydrogen) atoms. The molecule has 0 aliphatic heterocycles. The quantitative estimate of drug-likeness (QED) is 0.676. The number of nitrogens with one attached hydrogen (secondary N) is 1. The third-order valence-corrected chi connectivity index (χ3v) is 4.39. The lowest BCUT2D eigenvalue weighted by Gasteiger charge is -2.11. The average Bonchev–Trinajstić information content (AvgIpc) is 2.92. The molecule has 0 unspecified atom stereocenters. The van der Waals surface area contributed by atoms with Crippen molar-refractivity contribution in [3.8, 4) is 0 Å². The first-order chi connectivity index (χ1) is 12.5. The predicted molar refractivity (Wildman–Crippen MR) is 103 cm³/mol. The number of aromatic nitrogens is 1. The Bertz CT molecular complexity index is 978. The molecule has 5 nitrogen and oxygen atoms in total. The van der Waals surface area contributed by atoms with Crippen molar-refractivity contribution in [1.82, 2.24) is 4.57 Å². The fraction of sp³-hybridized carbons (Fsp3) is 0.200. The minimum absolute atomic E-state index is 0.177. The lowest BCUT2D eigenvalue weighted by atomic mass is 10.2. The van der Waals surface area contributed by atoms with Crippen LogP contribution in [0.5, 0.6) is 0 Å². The zero-order chi connectivity index (χ0) is 18.7. The molecule has 1 aromatic heterocycles. The van der Waals surface area contributed by atoms with E-state index in [1.54, 1.807) is 19.1 Å². The zero-order valence-electron chi connectivity index (χ0n) is 14.6. The maximum absolute atomic E-state index is 12.5. The average molecular weight is 371 g/mol. The summed E-state index contributed by atoms with van der Waals surface area (Å²) in [6, 6.07) is 14.7. The van der Waals surface area contributed by atoms with Gasteiger partial charge in [-0.25, -0.2) is 4.79 Å². The number of aryl methyl sites for hydroxylation is 1. The lowest BCUT2D eigenvalue weighted by molar-refractivity contribution is -0.116. The van der Waals surface area contributed by atoms with E-state index in [1.165, 1.54) is 6.07 Å². The van der Waals surface area contributed by atoms with E-state index in [-0.39, 0.29) is 29.6 Å². The Hall–Kier alpha value is -2.79. The van der Waals surface area contributed by atoms with Gasteiger partial charge >= 0.3 is 5.97 Å². The van der Waals surface area contributed by atoms with Crippen LogP contribution < -0.4 is 5.32 Å². The summed E-state index contributed by atoms with van der Waals surface area (Å²) in [6.07, 6.45) is 0. The van der Waals surface area contributed by atoms with Crippen LogP contribution in [0.4, 0.5) is 5.69 Å². The van der Waals surface area contributed by atoms with E-state index >= 15 is 0 Å². The highest BCUT2D eigenvalue weighted by molar-refractivity contribution is 6.33. The van der Waals surface area contributed by atoms with E-state index in [1.807, 2.05) is 41.8 Å². The number of anilines is 1. The van der Waals surface area contributed by atoms with Crippen LogP contribution in [0.3, 0.4) is 0 Å². The molecule has 2 aromatic carbocycles. The van der Waals surface area contributed by atoms with Crippen molar-refractivity contribution in [2.24, 2.45) is 0 Å². The maximum atomic E-state index is 12.5. The number of carbonyl (C=O) groups excluding carboxylic acids is 2. The molecule has 3 rings (SSSR count). The van der Waals surface area contributed by atoms with E-state index in [2.05, 4.69) is 5.32 Å². The Labute approximate surface area is 156 Å². The van der Waals surface area contributed by atoms with Gasteiger partial charge in [0.05, 0.1) is 17.2 Å². The number of fused-ring (bicyclic) bond motifs is 1. The molecule has 1 amide bonds. The molecule has 0 spiro atoms. The molecule has 3 aromatic rings. The highest BCUT2D eigenvalue weighted by Gasteiger charge is 2.14. The lowest BCUT2D eigenvalue weighted by Crippen LogP contribution is -2.19. The van der Waals surface area contributed by atoms with Crippen molar-refractivity contribution in [1.29, 1.82) is 0 Å². The molecule has 0 aliphatic carbocycles. The SMILES string of the molecule is CCOC(=O)c1cc(NC(=O)Cn2c(C)cc3ccccc32)ccc1Cl. The molecule has 0 atom stereocenters. The minimum Gasteiger partial charge on any atom is -0.462 e. The van der Waals surface area contributed by atoms with Gasteiger partial charge in [0, 0.05) is 16.9 Å². The van der Waals surface area contributed by atoms with Crippen LogP contribution in [0.2, 0.25) is 5.02 Å². The Kier molecular flexibility index (Phi) is 5.28. The van der Waals surface area contributed by atoms with Crippen molar-refractivity contribution in [3.63, 3.8) is 0 Å². The maximum Gasteiger partial charge on any atom is 0.339 e. The van der Waals surface area contributed by atoms with Crippen LogP contribution in [0.25, 0.3) is 10.9 Å². The number of ether oxygens (including phenoxy) is 1. The molecule has 1 N–H and O–H groups in total. The van der Waals surface area contributed by atoms with Gasteiger partial charge in [-0.15, -0.1) is 0 Å². The third kappa shape index (κ3) is 3.73. The summed E-state index contributed by atoms with van der Waals surface area (Å²) in [5.74, 6) is -0.701. The molecular weight excluding hydrogens is 352 g/mol. The van der Waals surface area contributed by atoms with Gasteiger partial charge in [0.25, 0.3) is 0 Å². The van der Waals surface area contributed by atoms with Gasteiger partial charge < -0.3 is 14.6 Å². The fourth-order valence-corrected chi connectivity index (χ4v) is 3.07. The smallest absolute Gasteiger partial charge is 0.339 e. The van der Waals surface area contributed by atoms with Crippen molar-refractivity contribution in [3.05, 3.63) is 64.8 Å². The molecule has 0 aliphatic rings. The zero-order valence-corrected chi connectivity index (χ0v) is 15.3. The van der Waals surface area contributed by atoms with Crippen molar-refractivity contribution in [2.45, 2.75) is 20.4 Å². The minimum atomic E-state index is -0.513. The number of hydrogen-bond donors (Lipinski definition) is 1. The molecule has 0 saturated heterocycles. The van der Waals surface area contributed by atoms with Gasteiger partial charge in [-0.3, -0.25) is 4.79 Å².